The Hall–Kier alpha value is -4.65. The number of benzene rings is 3. The van der Waals surface area contributed by atoms with Crippen molar-refractivity contribution in [3.8, 4) is 5.75 Å². The molecule has 0 spiro atoms. The van der Waals surface area contributed by atoms with Crippen molar-refractivity contribution < 1.29 is 29.0 Å². The molecule has 0 bridgehead atoms. The van der Waals surface area contributed by atoms with Crippen LogP contribution in [0.15, 0.2) is 89.6 Å². The Bertz CT molecular complexity index is 1470. The molecule has 0 fully saturated rings. The molecular formula is C29H23NO6. The highest BCUT2D eigenvalue weighted by atomic mass is 16.5. The Morgan fingerprint density at radius 2 is 1.61 bits per heavy atom. The lowest BCUT2D eigenvalue weighted by Gasteiger charge is -2.30. The number of methoxy groups -OCH3 is 1. The lowest BCUT2D eigenvalue weighted by Crippen LogP contribution is -2.29. The van der Waals surface area contributed by atoms with Gasteiger partial charge in [0.1, 0.15) is 12.4 Å². The number of hydrogen-bond acceptors (Lipinski definition) is 6. The number of esters is 1. The standard InChI is InChI=1S/C29H23NO6/c1-16-23(29(34)35-2)24(25-26(30-16)19-7-3-4-8-20(19)27(25)31)21-9-5-6-10-22(21)36-15-17-11-13-18(14-12-17)28(32)33/h3-14,24,30H,15H2,1-2H3,(H,32,33)/t24-/m1/s1. The summed E-state index contributed by atoms with van der Waals surface area (Å²) in [4.78, 5) is 37.7. The summed E-state index contributed by atoms with van der Waals surface area (Å²) in [5.41, 5.74) is 5.12. The fourth-order valence-electron chi connectivity index (χ4n) is 4.78. The fraction of sp³-hybridized carbons (Fsp3) is 0.138. The highest BCUT2D eigenvalue weighted by molar-refractivity contribution is 6.23. The Morgan fingerprint density at radius 1 is 0.944 bits per heavy atom. The predicted molar refractivity (Wildman–Crippen MR) is 132 cm³/mol. The molecule has 0 amide bonds. The van der Waals surface area contributed by atoms with Crippen molar-refractivity contribution >= 4 is 23.4 Å². The zero-order valence-electron chi connectivity index (χ0n) is 19.7. The molecular weight excluding hydrogens is 458 g/mol. The Morgan fingerprint density at radius 3 is 2.31 bits per heavy atom. The average molecular weight is 482 g/mol. The topological polar surface area (TPSA) is 102 Å². The zero-order chi connectivity index (χ0) is 25.4. The minimum absolute atomic E-state index is 0.147. The molecule has 36 heavy (non-hydrogen) atoms. The summed E-state index contributed by atoms with van der Waals surface area (Å²) in [6.07, 6.45) is 0. The Labute approximate surface area is 207 Å². The summed E-state index contributed by atoms with van der Waals surface area (Å²) < 4.78 is 11.3. The number of allylic oxidation sites excluding steroid dienone is 2. The highest BCUT2D eigenvalue weighted by Gasteiger charge is 2.43. The minimum Gasteiger partial charge on any atom is -0.489 e. The molecule has 1 atom stereocenters. The molecule has 0 saturated heterocycles. The number of aromatic carboxylic acids is 1. The number of carbonyl (C=O) groups excluding carboxylic acids is 2. The predicted octanol–water partition coefficient (Wildman–Crippen LogP) is 4.71. The van der Waals surface area contributed by atoms with Crippen LogP contribution in [0, 0.1) is 0 Å². The van der Waals surface area contributed by atoms with Gasteiger partial charge in [0.05, 0.1) is 29.9 Å². The summed E-state index contributed by atoms with van der Waals surface area (Å²) in [7, 11) is 1.32. The van der Waals surface area contributed by atoms with E-state index in [4.69, 9.17) is 14.6 Å². The van der Waals surface area contributed by atoms with E-state index < -0.39 is 17.9 Å². The maximum Gasteiger partial charge on any atom is 0.336 e. The van der Waals surface area contributed by atoms with Gasteiger partial charge in [-0.1, -0.05) is 54.6 Å². The van der Waals surface area contributed by atoms with Crippen molar-refractivity contribution in [2.75, 3.05) is 7.11 Å². The van der Waals surface area contributed by atoms with Crippen LogP contribution in [0.4, 0.5) is 0 Å². The summed E-state index contributed by atoms with van der Waals surface area (Å²) >= 11 is 0. The van der Waals surface area contributed by atoms with Crippen molar-refractivity contribution in [2.24, 2.45) is 0 Å². The first kappa shape index (κ1) is 23.1. The van der Waals surface area contributed by atoms with Gasteiger partial charge in [0, 0.05) is 28.0 Å². The molecule has 1 heterocycles. The number of Topliss-reactive ketones (excluding diaryl/α,β-unsaturated/α-hetero) is 1. The summed E-state index contributed by atoms with van der Waals surface area (Å²) in [6.45, 7) is 1.97. The van der Waals surface area contributed by atoms with E-state index in [1.807, 2.05) is 36.4 Å². The number of nitrogens with one attached hydrogen (secondary N) is 1. The van der Waals surface area contributed by atoms with E-state index in [1.165, 1.54) is 19.2 Å². The quantitative estimate of drug-likeness (QED) is 0.492. The molecule has 3 aromatic carbocycles. The molecule has 1 aliphatic heterocycles. The van der Waals surface area contributed by atoms with E-state index in [0.29, 0.717) is 39.4 Å². The summed E-state index contributed by atoms with van der Waals surface area (Å²) in [6, 6.07) is 21.1. The number of fused-ring (bicyclic) bond motifs is 2. The van der Waals surface area contributed by atoms with Gasteiger partial charge in [0.2, 0.25) is 0 Å². The smallest absolute Gasteiger partial charge is 0.336 e. The first-order valence-corrected chi connectivity index (χ1v) is 11.4. The third-order valence-electron chi connectivity index (χ3n) is 6.48. The second kappa shape index (κ2) is 9.19. The van der Waals surface area contributed by atoms with E-state index >= 15 is 0 Å². The van der Waals surface area contributed by atoms with Gasteiger partial charge in [0.15, 0.2) is 5.78 Å². The van der Waals surface area contributed by atoms with Crippen LogP contribution < -0.4 is 10.1 Å². The zero-order valence-corrected chi connectivity index (χ0v) is 19.7. The number of ether oxygens (including phenoxy) is 2. The van der Waals surface area contributed by atoms with E-state index in [0.717, 1.165) is 11.1 Å². The van der Waals surface area contributed by atoms with Gasteiger partial charge >= 0.3 is 11.9 Å². The van der Waals surface area contributed by atoms with Crippen molar-refractivity contribution in [2.45, 2.75) is 19.4 Å². The largest absolute Gasteiger partial charge is 0.489 e. The minimum atomic E-state index is -0.998. The molecule has 3 aromatic rings. The molecule has 0 radical (unpaired) electrons. The maximum atomic E-state index is 13.6. The van der Waals surface area contributed by atoms with E-state index in [9.17, 15) is 14.4 Å². The van der Waals surface area contributed by atoms with Crippen molar-refractivity contribution in [1.82, 2.24) is 5.32 Å². The molecule has 7 nitrogen and oxygen atoms in total. The van der Waals surface area contributed by atoms with Crippen molar-refractivity contribution in [3.63, 3.8) is 0 Å². The third-order valence-corrected chi connectivity index (χ3v) is 6.48. The number of rotatable bonds is 6. The van der Waals surface area contributed by atoms with E-state index in [1.54, 1.807) is 31.2 Å². The Kier molecular flexibility index (Phi) is 5.90. The number of hydrogen-bond donors (Lipinski definition) is 2. The normalized spacial score (nSPS) is 16.3. The van der Waals surface area contributed by atoms with Crippen molar-refractivity contribution in [3.05, 3.63) is 117 Å². The van der Waals surface area contributed by atoms with Gasteiger partial charge in [-0.3, -0.25) is 4.79 Å². The molecule has 0 saturated carbocycles. The highest BCUT2D eigenvalue weighted by Crippen LogP contribution is 2.48. The van der Waals surface area contributed by atoms with Crippen LogP contribution in [0.25, 0.3) is 5.70 Å². The third kappa shape index (κ3) is 3.84. The van der Waals surface area contributed by atoms with Gasteiger partial charge in [0.25, 0.3) is 0 Å². The summed E-state index contributed by atoms with van der Waals surface area (Å²) in [5.74, 6) is -1.86. The Balaban J connectivity index is 1.57. The molecule has 2 N–H and O–H groups in total. The monoisotopic (exact) mass is 481 g/mol. The van der Waals surface area contributed by atoms with Gasteiger partial charge in [-0.05, 0) is 30.7 Å². The van der Waals surface area contributed by atoms with Crippen molar-refractivity contribution in [1.29, 1.82) is 0 Å². The second-order valence-corrected chi connectivity index (χ2v) is 8.58. The van der Waals surface area contributed by atoms with Gasteiger partial charge in [-0.2, -0.15) is 0 Å². The molecule has 180 valence electrons. The number of carboxylic acids is 1. The lowest BCUT2D eigenvalue weighted by molar-refractivity contribution is -0.136. The SMILES string of the molecule is COC(=O)C1=C(C)NC2=C(C(=O)c3ccccc32)[C@@H]1c1ccccc1OCc1ccc(C(=O)O)cc1. The van der Waals surface area contributed by atoms with E-state index in [-0.39, 0.29) is 18.0 Å². The summed E-state index contributed by atoms with van der Waals surface area (Å²) in [5, 5.41) is 12.4. The average Bonchev–Trinajstić information content (AvgIpc) is 3.18. The number of dihydropyridines is 1. The number of carboxylic acid groups (broad SMARTS) is 1. The molecule has 0 unspecified atom stereocenters. The van der Waals surface area contributed by atoms with Crippen LogP contribution in [0.5, 0.6) is 5.75 Å². The van der Waals surface area contributed by atoms with Crippen LogP contribution in [-0.4, -0.2) is 29.9 Å². The fourth-order valence-corrected chi connectivity index (χ4v) is 4.78. The number of para-hydroxylation sites is 1. The van der Waals surface area contributed by atoms with Gasteiger partial charge in [-0.25, -0.2) is 9.59 Å². The molecule has 7 heteroatoms. The lowest BCUT2D eigenvalue weighted by atomic mass is 9.79. The van der Waals surface area contributed by atoms with Crippen LogP contribution in [0.2, 0.25) is 0 Å². The molecule has 1 aliphatic carbocycles. The second-order valence-electron chi connectivity index (χ2n) is 8.58. The van der Waals surface area contributed by atoms with Crippen LogP contribution in [0.3, 0.4) is 0 Å². The van der Waals surface area contributed by atoms with E-state index in [2.05, 4.69) is 5.32 Å². The first-order chi connectivity index (χ1) is 17.4. The van der Waals surface area contributed by atoms with Gasteiger partial charge < -0.3 is 19.9 Å². The van der Waals surface area contributed by atoms with Crippen LogP contribution >= 0.6 is 0 Å². The number of carbonyl (C=O) groups is 3. The molecule has 2 aliphatic rings. The molecule has 5 rings (SSSR count). The molecule has 0 aromatic heterocycles. The van der Waals surface area contributed by atoms with Gasteiger partial charge in [-0.15, -0.1) is 0 Å². The van der Waals surface area contributed by atoms with Crippen LogP contribution in [0.1, 0.15) is 50.2 Å². The first-order valence-electron chi connectivity index (χ1n) is 11.4. The van der Waals surface area contributed by atoms with Crippen LogP contribution in [-0.2, 0) is 16.1 Å². The number of ketones is 1. The maximum absolute atomic E-state index is 13.6.